The lowest BCUT2D eigenvalue weighted by molar-refractivity contribution is 0.374. The molecule has 0 spiro atoms. The van der Waals surface area contributed by atoms with E-state index in [2.05, 4.69) is 22.4 Å². The molecule has 1 fully saturated rings. The minimum absolute atomic E-state index is 0.501. The number of nitrogens with zero attached hydrogens (tertiary/aromatic N) is 1. The van der Waals surface area contributed by atoms with Crippen LogP contribution in [-0.2, 0) is 0 Å². The highest BCUT2D eigenvalue weighted by Gasteiger charge is 2.30. The first-order valence-corrected chi connectivity index (χ1v) is 7.51. The Bertz CT molecular complexity index is 622. The van der Waals surface area contributed by atoms with Crippen molar-refractivity contribution in [2.24, 2.45) is 0 Å². The van der Waals surface area contributed by atoms with E-state index in [1.54, 1.807) is 6.20 Å². The van der Waals surface area contributed by atoms with Gasteiger partial charge in [0.15, 0.2) is 0 Å². The van der Waals surface area contributed by atoms with Gasteiger partial charge in [-0.2, -0.15) is 0 Å². The lowest BCUT2D eigenvalue weighted by atomic mass is 9.76. The molecule has 1 aromatic heterocycles. The third-order valence-corrected chi connectivity index (χ3v) is 4.47. The summed E-state index contributed by atoms with van der Waals surface area (Å²) in [7, 11) is 0. The molecule has 0 atom stereocenters. The Hall–Kier alpha value is -1.25. The molecule has 0 unspecified atom stereocenters. The average Bonchev–Trinajstić information content (AvgIpc) is 2.37. The van der Waals surface area contributed by atoms with Gasteiger partial charge < -0.3 is 5.32 Å². The summed E-state index contributed by atoms with van der Waals surface area (Å²) in [6, 6.07) is 10.7. The Morgan fingerprint density at radius 1 is 1.20 bits per heavy atom. The highest BCUT2D eigenvalue weighted by molar-refractivity contribution is 6.30. The van der Waals surface area contributed by atoms with Crippen LogP contribution in [-0.4, -0.2) is 11.0 Å². The predicted octanol–water partition coefficient (Wildman–Crippen LogP) is 5.05. The van der Waals surface area contributed by atoms with Crippen molar-refractivity contribution in [2.75, 3.05) is 5.32 Å². The molecule has 0 aliphatic heterocycles. The van der Waals surface area contributed by atoms with Crippen molar-refractivity contribution in [3.05, 3.63) is 57.8 Å². The summed E-state index contributed by atoms with van der Waals surface area (Å²) < 4.78 is 0. The Balaban J connectivity index is 1.59. The van der Waals surface area contributed by atoms with Gasteiger partial charge in [-0.05, 0) is 55.0 Å². The van der Waals surface area contributed by atoms with E-state index in [-0.39, 0.29) is 0 Å². The second-order valence-corrected chi connectivity index (χ2v) is 6.19. The highest BCUT2D eigenvalue weighted by atomic mass is 35.5. The zero-order valence-electron chi connectivity index (χ0n) is 11.2. The topological polar surface area (TPSA) is 24.9 Å². The van der Waals surface area contributed by atoms with Crippen LogP contribution in [0.4, 0.5) is 5.69 Å². The summed E-state index contributed by atoms with van der Waals surface area (Å²) in [5, 5.41) is 4.89. The second kappa shape index (κ2) is 5.63. The molecular weight excluding hydrogens is 291 g/mol. The van der Waals surface area contributed by atoms with Crippen molar-refractivity contribution in [3.8, 4) is 0 Å². The minimum atomic E-state index is 0.501. The zero-order chi connectivity index (χ0) is 14.1. The monoisotopic (exact) mass is 306 g/mol. The van der Waals surface area contributed by atoms with E-state index >= 15 is 0 Å². The molecule has 0 saturated heterocycles. The summed E-state index contributed by atoms with van der Waals surface area (Å²) in [6.45, 7) is 1.97. The van der Waals surface area contributed by atoms with E-state index in [0.29, 0.717) is 17.1 Å². The first-order chi connectivity index (χ1) is 9.61. The van der Waals surface area contributed by atoms with Gasteiger partial charge in [0.25, 0.3) is 0 Å². The van der Waals surface area contributed by atoms with Gasteiger partial charge in [0.05, 0.1) is 11.9 Å². The first-order valence-electron chi connectivity index (χ1n) is 6.76. The smallest absolute Gasteiger partial charge is 0.132 e. The summed E-state index contributed by atoms with van der Waals surface area (Å²) in [4.78, 5) is 4.16. The molecule has 20 heavy (non-hydrogen) atoms. The number of anilines is 1. The number of hydrogen-bond acceptors (Lipinski definition) is 2. The fraction of sp³-hybridized carbons (Fsp3) is 0.312. The number of hydrogen-bond donors (Lipinski definition) is 1. The van der Waals surface area contributed by atoms with Gasteiger partial charge in [0, 0.05) is 11.1 Å². The Kier molecular flexibility index (Phi) is 3.86. The molecular formula is C16H16Cl2N2. The van der Waals surface area contributed by atoms with Crippen LogP contribution in [0, 0.1) is 6.92 Å². The predicted molar refractivity (Wildman–Crippen MR) is 84.8 cm³/mol. The van der Waals surface area contributed by atoms with Crippen molar-refractivity contribution < 1.29 is 0 Å². The van der Waals surface area contributed by atoms with Crippen LogP contribution in [0.25, 0.3) is 0 Å². The van der Waals surface area contributed by atoms with Crippen molar-refractivity contribution in [3.63, 3.8) is 0 Å². The van der Waals surface area contributed by atoms with E-state index < -0.39 is 0 Å². The van der Waals surface area contributed by atoms with Crippen molar-refractivity contribution in [1.82, 2.24) is 4.98 Å². The lowest BCUT2D eigenvalue weighted by Gasteiger charge is -2.37. The van der Waals surface area contributed by atoms with Crippen LogP contribution < -0.4 is 5.32 Å². The quantitative estimate of drug-likeness (QED) is 0.802. The van der Waals surface area contributed by atoms with Gasteiger partial charge in [-0.3, -0.25) is 0 Å². The van der Waals surface area contributed by atoms with Gasteiger partial charge in [-0.15, -0.1) is 0 Å². The molecule has 1 N–H and O–H groups in total. The number of nitrogens with one attached hydrogen (secondary N) is 1. The minimum Gasteiger partial charge on any atom is -0.381 e. The molecule has 104 valence electrons. The first kappa shape index (κ1) is 13.7. The molecule has 1 aromatic carbocycles. The molecule has 0 radical (unpaired) electrons. The number of pyridine rings is 1. The third-order valence-electron chi connectivity index (χ3n) is 3.84. The van der Waals surface area contributed by atoms with Crippen LogP contribution in [0.5, 0.6) is 0 Å². The van der Waals surface area contributed by atoms with Crippen LogP contribution in [0.2, 0.25) is 10.2 Å². The molecule has 1 aliphatic rings. The summed E-state index contributed by atoms with van der Waals surface area (Å²) >= 11 is 12.0. The molecule has 4 heteroatoms. The van der Waals surface area contributed by atoms with E-state index in [1.807, 2.05) is 25.1 Å². The van der Waals surface area contributed by atoms with Crippen LogP contribution in [0.1, 0.15) is 29.9 Å². The maximum atomic E-state index is 6.03. The van der Waals surface area contributed by atoms with Crippen LogP contribution in [0.3, 0.4) is 0 Å². The highest BCUT2D eigenvalue weighted by Crippen LogP contribution is 2.39. The third kappa shape index (κ3) is 2.92. The summed E-state index contributed by atoms with van der Waals surface area (Å²) in [5.74, 6) is 0.604. The largest absolute Gasteiger partial charge is 0.381 e. The molecule has 0 bridgehead atoms. The molecule has 2 nitrogen and oxygen atoms in total. The summed E-state index contributed by atoms with van der Waals surface area (Å²) in [6.07, 6.45) is 4.05. The molecule has 1 aliphatic carbocycles. The van der Waals surface area contributed by atoms with Gasteiger partial charge in [0.1, 0.15) is 5.15 Å². The Labute approximate surface area is 129 Å². The number of aryl methyl sites for hydroxylation is 1. The molecule has 1 saturated carbocycles. The number of rotatable bonds is 3. The van der Waals surface area contributed by atoms with Crippen LogP contribution in [0.15, 0.2) is 36.5 Å². The fourth-order valence-electron chi connectivity index (χ4n) is 2.64. The van der Waals surface area contributed by atoms with E-state index in [0.717, 1.165) is 29.1 Å². The second-order valence-electron chi connectivity index (χ2n) is 5.40. The van der Waals surface area contributed by atoms with Crippen molar-refractivity contribution in [2.45, 2.75) is 31.7 Å². The molecule has 2 aromatic rings. The van der Waals surface area contributed by atoms with Crippen molar-refractivity contribution >= 4 is 28.9 Å². The molecule has 1 heterocycles. The van der Waals surface area contributed by atoms with Gasteiger partial charge in [-0.1, -0.05) is 35.3 Å². The summed E-state index contributed by atoms with van der Waals surface area (Å²) in [5.41, 5.74) is 3.38. The van der Waals surface area contributed by atoms with E-state index in [9.17, 15) is 0 Å². The van der Waals surface area contributed by atoms with Gasteiger partial charge in [0.2, 0.25) is 0 Å². The van der Waals surface area contributed by atoms with E-state index in [4.69, 9.17) is 23.2 Å². The van der Waals surface area contributed by atoms with Gasteiger partial charge >= 0.3 is 0 Å². The maximum absolute atomic E-state index is 6.03. The fourth-order valence-corrected chi connectivity index (χ4v) is 2.94. The maximum Gasteiger partial charge on any atom is 0.132 e. The Morgan fingerprint density at radius 3 is 2.70 bits per heavy atom. The zero-order valence-corrected chi connectivity index (χ0v) is 12.7. The average molecular weight is 307 g/mol. The molecule has 3 rings (SSSR count). The van der Waals surface area contributed by atoms with E-state index in [1.165, 1.54) is 5.56 Å². The molecule has 0 amide bonds. The van der Waals surface area contributed by atoms with Crippen LogP contribution >= 0.6 is 23.2 Å². The van der Waals surface area contributed by atoms with Gasteiger partial charge in [-0.25, -0.2) is 4.98 Å². The Morgan fingerprint density at radius 2 is 2.00 bits per heavy atom. The number of halogens is 2. The number of benzene rings is 1. The standard InChI is InChI=1S/C16H16Cl2N2/c1-10-5-15(9-19-16(10)18)20-14-7-12(8-14)11-3-2-4-13(17)6-11/h2-6,9,12,14,20H,7-8H2,1H3. The number of aromatic nitrogens is 1. The normalized spacial score (nSPS) is 21.4. The lowest BCUT2D eigenvalue weighted by Crippen LogP contribution is -2.34. The van der Waals surface area contributed by atoms with Crippen molar-refractivity contribution in [1.29, 1.82) is 0 Å². The SMILES string of the molecule is Cc1cc(NC2CC(c3cccc(Cl)c3)C2)cnc1Cl.